The maximum atomic E-state index is 12.7. The van der Waals surface area contributed by atoms with E-state index in [0.29, 0.717) is 5.69 Å². The summed E-state index contributed by atoms with van der Waals surface area (Å²) in [5, 5.41) is 2.66. The Balaban J connectivity index is 1.68. The molecule has 1 N–H and O–H groups in total. The van der Waals surface area contributed by atoms with Gasteiger partial charge in [0.25, 0.3) is 5.91 Å². The highest BCUT2D eigenvalue weighted by Gasteiger charge is 2.34. The summed E-state index contributed by atoms with van der Waals surface area (Å²) >= 11 is 2.26. The second kappa shape index (κ2) is 6.80. The van der Waals surface area contributed by atoms with Crippen LogP contribution in [0.5, 0.6) is 0 Å². The largest absolute Gasteiger partial charge is 0.333 e. The number of carbonyl (C=O) groups is 2. The Bertz CT molecular complexity index is 1010. The molecule has 1 fully saturated rings. The van der Waals surface area contributed by atoms with Crippen molar-refractivity contribution in [1.29, 1.82) is 0 Å². The van der Waals surface area contributed by atoms with E-state index in [2.05, 4.69) is 27.9 Å². The SMILES string of the molecule is O=C1NC(=Cc2cccn2-c2ccc(I)cc2)C(=O)N1c1ccccc1. The number of nitrogens with zero attached hydrogens (tertiary/aromatic N) is 2. The lowest BCUT2D eigenvalue weighted by atomic mass is 10.2. The van der Waals surface area contributed by atoms with Crippen molar-refractivity contribution in [1.82, 2.24) is 9.88 Å². The van der Waals surface area contributed by atoms with E-state index in [0.717, 1.165) is 19.9 Å². The van der Waals surface area contributed by atoms with Gasteiger partial charge in [0.1, 0.15) is 5.70 Å². The molecule has 2 heterocycles. The predicted molar refractivity (Wildman–Crippen MR) is 109 cm³/mol. The molecule has 0 atom stereocenters. The summed E-state index contributed by atoms with van der Waals surface area (Å²) in [5.74, 6) is -0.364. The fourth-order valence-corrected chi connectivity index (χ4v) is 3.20. The van der Waals surface area contributed by atoms with Gasteiger partial charge in [-0.15, -0.1) is 0 Å². The Labute approximate surface area is 164 Å². The number of para-hydroxylation sites is 1. The van der Waals surface area contributed by atoms with Gasteiger partial charge in [0.15, 0.2) is 0 Å². The number of aromatic nitrogens is 1. The minimum absolute atomic E-state index is 0.254. The second-order valence-electron chi connectivity index (χ2n) is 5.74. The fourth-order valence-electron chi connectivity index (χ4n) is 2.84. The number of rotatable bonds is 3. The number of carbonyl (C=O) groups excluding carboxylic acids is 2. The molecule has 0 saturated carbocycles. The quantitative estimate of drug-likeness (QED) is 0.366. The van der Waals surface area contributed by atoms with Gasteiger partial charge in [-0.05, 0) is 77.2 Å². The van der Waals surface area contributed by atoms with Crippen LogP contribution in [-0.2, 0) is 4.79 Å². The average Bonchev–Trinajstić information content (AvgIpc) is 3.21. The lowest BCUT2D eigenvalue weighted by Crippen LogP contribution is -2.30. The molecular weight excluding hydrogens is 441 g/mol. The zero-order chi connectivity index (χ0) is 18.1. The van der Waals surface area contributed by atoms with Crippen molar-refractivity contribution in [2.24, 2.45) is 0 Å². The first-order valence-corrected chi connectivity index (χ1v) is 9.07. The van der Waals surface area contributed by atoms with Gasteiger partial charge in [0, 0.05) is 21.1 Å². The molecule has 0 spiro atoms. The molecule has 0 unspecified atom stereocenters. The molecule has 1 aliphatic heterocycles. The minimum Gasteiger partial charge on any atom is -0.317 e. The minimum atomic E-state index is -0.445. The van der Waals surface area contributed by atoms with Gasteiger partial charge < -0.3 is 9.88 Å². The zero-order valence-electron chi connectivity index (χ0n) is 13.6. The van der Waals surface area contributed by atoms with Gasteiger partial charge >= 0.3 is 6.03 Å². The number of hydrogen-bond acceptors (Lipinski definition) is 2. The molecule has 4 rings (SSSR count). The van der Waals surface area contributed by atoms with E-state index >= 15 is 0 Å². The Kier molecular flexibility index (Phi) is 4.34. The number of hydrogen-bond donors (Lipinski definition) is 1. The van der Waals surface area contributed by atoms with Crippen LogP contribution < -0.4 is 10.2 Å². The van der Waals surface area contributed by atoms with E-state index in [-0.39, 0.29) is 11.6 Å². The fraction of sp³-hybridized carbons (Fsp3) is 0. The topological polar surface area (TPSA) is 54.3 Å². The molecule has 3 aromatic rings. The highest BCUT2D eigenvalue weighted by Crippen LogP contribution is 2.23. The monoisotopic (exact) mass is 455 g/mol. The average molecular weight is 455 g/mol. The Hall–Kier alpha value is -2.87. The Morgan fingerprint density at radius 1 is 0.846 bits per heavy atom. The van der Waals surface area contributed by atoms with Crippen LogP contribution in [0.1, 0.15) is 5.69 Å². The molecule has 2 aromatic carbocycles. The van der Waals surface area contributed by atoms with E-state index in [4.69, 9.17) is 0 Å². The standard InChI is InChI=1S/C20H14IN3O2/c21-14-8-10-15(11-9-14)23-12-4-7-17(23)13-18-19(25)24(20(26)22-18)16-5-2-1-3-6-16/h1-13H,(H,22,26). The number of urea groups is 1. The van der Waals surface area contributed by atoms with E-state index in [1.165, 1.54) is 0 Å². The van der Waals surface area contributed by atoms with Gasteiger partial charge in [0.05, 0.1) is 5.69 Å². The third-order valence-electron chi connectivity index (χ3n) is 4.07. The van der Waals surface area contributed by atoms with Crippen LogP contribution in [0.25, 0.3) is 11.8 Å². The smallest absolute Gasteiger partial charge is 0.317 e. The van der Waals surface area contributed by atoms with Crippen LogP contribution in [0.4, 0.5) is 10.5 Å². The van der Waals surface area contributed by atoms with Crippen LogP contribution in [0.15, 0.2) is 78.6 Å². The van der Waals surface area contributed by atoms with Crippen molar-refractivity contribution in [3.8, 4) is 5.69 Å². The normalized spacial score (nSPS) is 15.6. The van der Waals surface area contributed by atoms with Crippen LogP contribution in [0, 0.1) is 3.57 Å². The van der Waals surface area contributed by atoms with Crippen molar-refractivity contribution < 1.29 is 9.59 Å². The lowest BCUT2D eigenvalue weighted by molar-refractivity contribution is -0.113. The third-order valence-corrected chi connectivity index (χ3v) is 4.79. The summed E-state index contributed by atoms with van der Waals surface area (Å²) in [6, 6.07) is 20.3. The summed E-state index contributed by atoms with van der Waals surface area (Å²) in [5.41, 5.74) is 2.60. The molecule has 1 aromatic heterocycles. The summed E-state index contributed by atoms with van der Waals surface area (Å²) in [6.07, 6.45) is 3.62. The van der Waals surface area contributed by atoms with Crippen LogP contribution in [0.2, 0.25) is 0 Å². The molecular formula is C20H14IN3O2. The number of benzene rings is 2. The molecule has 3 amide bonds. The van der Waals surface area contributed by atoms with E-state index < -0.39 is 6.03 Å². The predicted octanol–water partition coefficient (Wildman–Crippen LogP) is 4.18. The molecule has 0 radical (unpaired) electrons. The Morgan fingerprint density at radius 2 is 1.58 bits per heavy atom. The number of halogens is 1. The number of amides is 3. The van der Waals surface area contributed by atoms with Crippen molar-refractivity contribution in [2.45, 2.75) is 0 Å². The van der Waals surface area contributed by atoms with Gasteiger partial charge in [-0.1, -0.05) is 18.2 Å². The number of nitrogens with one attached hydrogen (secondary N) is 1. The zero-order valence-corrected chi connectivity index (χ0v) is 15.8. The van der Waals surface area contributed by atoms with Crippen molar-refractivity contribution in [3.63, 3.8) is 0 Å². The third kappa shape index (κ3) is 3.03. The summed E-state index contributed by atoms with van der Waals surface area (Å²) in [6.45, 7) is 0. The van der Waals surface area contributed by atoms with E-state index in [9.17, 15) is 9.59 Å². The number of imide groups is 1. The van der Waals surface area contributed by atoms with Gasteiger partial charge in [0.2, 0.25) is 0 Å². The molecule has 5 nitrogen and oxygen atoms in total. The molecule has 0 bridgehead atoms. The van der Waals surface area contributed by atoms with Crippen molar-refractivity contribution in [2.75, 3.05) is 4.90 Å². The molecule has 0 aliphatic carbocycles. The molecule has 6 heteroatoms. The Morgan fingerprint density at radius 3 is 2.31 bits per heavy atom. The van der Waals surface area contributed by atoms with Crippen LogP contribution in [-0.4, -0.2) is 16.5 Å². The second-order valence-corrected chi connectivity index (χ2v) is 6.99. The highest BCUT2D eigenvalue weighted by molar-refractivity contribution is 14.1. The summed E-state index contributed by atoms with van der Waals surface area (Å²) in [4.78, 5) is 26.1. The first-order chi connectivity index (χ1) is 12.6. The molecule has 1 saturated heterocycles. The molecule has 128 valence electrons. The highest BCUT2D eigenvalue weighted by atomic mass is 127. The molecule has 26 heavy (non-hydrogen) atoms. The lowest BCUT2D eigenvalue weighted by Gasteiger charge is -2.11. The van der Waals surface area contributed by atoms with Crippen LogP contribution >= 0.6 is 22.6 Å². The number of anilines is 1. The van der Waals surface area contributed by atoms with Crippen molar-refractivity contribution in [3.05, 3.63) is 87.9 Å². The van der Waals surface area contributed by atoms with E-state index in [1.807, 2.05) is 53.2 Å². The summed E-state index contributed by atoms with van der Waals surface area (Å²) in [7, 11) is 0. The first-order valence-electron chi connectivity index (χ1n) is 7.99. The van der Waals surface area contributed by atoms with Crippen LogP contribution in [0.3, 0.4) is 0 Å². The molecule has 1 aliphatic rings. The van der Waals surface area contributed by atoms with E-state index in [1.54, 1.807) is 30.3 Å². The first kappa shape index (κ1) is 16.6. The van der Waals surface area contributed by atoms with Gasteiger partial charge in [-0.25, -0.2) is 9.69 Å². The van der Waals surface area contributed by atoms with Gasteiger partial charge in [-0.3, -0.25) is 4.79 Å². The summed E-state index contributed by atoms with van der Waals surface area (Å²) < 4.78 is 3.11. The van der Waals surface area contributed by atoms with Crippen molar-refractivity contribution >= 4 is 46.3 Å². The maximum Gasteiger partial charge on any atom is 0.333 e. The van der Waals surface area contributed by atoms with Gasteiger partial charge in [-0.2, -0.15) is 0 Å². The maximum absolute atomic E-state index is 12.7.